The van der Waals surface area contributed by atoms with Gasteiger partial charge in [0.2, 0.25) is 0 Å². The molecule has 20 heavy (non-hydrogen) atoms. The smallest absolute Gasteiger partial charge is 0.255 e. The van der Waals surface area contributed by atoms with Crippen molar-refractivity contribution in [3.63, 3.8) is 0 Å². The largest absolute Gasteiger partial charge is 0.345 e. The van der Waals surface area contributed by atoms with Crippen LogP contribution in [0.2, 0.25) is 0 Å². The van der Waals surface area contributed by atoms with Gasteiger partial charge >= 0.3 is 0 Å². The fourth-order valence-corrected chi connectivity index (χ4v) is 1.91. The molecule has 0 radical (unpaired) electrons. The minimum Gasteiger partial charge on any atom is -0.345 e. The van der Waals surface area contributed by atoms with Gasteiger partial charge in [-0.2, -0.15) is 5.26 Å². The zero-order chi connectivity index (χ0) is 13.9. The Hall–Kier alpha value is -3.13. The molecule has 0 aliphatic carbocycles. The SMILES string of the molecule is N#Cc1ccc(C(=O)Nc2ccc3nc[nH]c3c2)cc1. The summed E-state index contributed by atoms with van der Waals surface area (Å²) in [7, 11) is 0. The van der Waals surface area contributed by atoms with Gasteiger partial charge in [-0.15, -0.1) is 0 Å². The minimum absolute atomic E-state index is 0.214. The highest BCUT2D eigenvalue weighted by atomic mass is 16.1. The van der Waals surface area contributed by atoms with E-state index in [-0.39, 0.29) is 5.91 Å². The zero-order valence-electron chi connectivity index (χ0n) is 10.4. The van der Waals surface area contributed by atoms with Crippen LogP contribution in [0.25, 0.3) is 11.0 Å². The summed E-state index contributed by atoms with van der Waals surface area (Å²) in [5.74, 6) is -0.214. The van der Waals surface area contributed by atoms with Crippen LogP contribution >= 0.6 is 0 Å². The fraction of sp³-hybridized carbons (Fsp3) is 0. The molecule has 0 unspecified atom stereocenters. The lowest BCUT2D eigenvalue weighted by Crippen LogP contribution is -2.11. The number of rotatable bonds is 2. The predicted octanol–water partition coefficient (Wildman–Crippen LogP) is 2.69. The summed E-state index contributed by atoms with van der Waals surface area (Å²) in [6.07, 6.45) is 1.61. The molecular weight excluding hydrogens is 252 g/mol. The quantitative estimate of drug-likeness (QED) is 0.745. The lowest BCUT2D eigenvalue weighted by molar-refractivity contribution is 0.102. The van der Waals surface area contributed by atoms with Crippen molar-refractivity contribution in [1.82, 2.24) is 9.97 Å². The Morgan fingerprint density at radius 1 is 1.20 bits per heavy atom. The maximum atomic E-state index is 12.1. The van der Waals surface area contributed by atoms with Gasteiger partial charge in [0.25, 0.3) is 5.91 Å². The second-order valence-electron chi connectivity index (χ2n) is 4.28. The van der Waals surface area contributed by atoms with Crippen LogP contribution in [0.1, 0.15) is 15.9 Å². The maximum Gasteiger partial charge on any atom is 0.255 e. The van der Waals surface area contributed by atoms with Crippen molar-refractivity contribution in [2.75, 3.05) is 5.32 Å². The number of carbonyl (C=O) groups excluding carboxylic acids is 1. The highest BCUT2D eigenvalue weighted by Crippen LogP contribution is 2.16. The van der Waals surface area contributed by atoms with Crippen LogP contribution in [0.5, 0.6) is 0 Å². The van der Waals surface area contributed by atoms with Gasteiger partial charge in [0.05, 0.1) is 29.0 Å². The Bertz CT molecular complexity index is 812. The summed E-state index contributed by atoms with van der Waals surface area (Å²) in [4.78, 5) is 19.2. The van der Waals surface area contributed by atoms with Crippen molar-refractivity contribution in [3.8, 4) is 6.07 Å². The fourth-order valence-electron chi connectivity index (χ4n) is 1.91. The first kappa shape index (κ1) is 11.9. The van der Waals surface area contributed by atoms with Crippen molar-refractivity contribution in [1.29, 1.82) is 5.26 Å². The van der Waals surface area contributed by atoms with Crippen LogP contribution in [0.4, 0.5) is 5.69 Å². The summed E-state index contributed by atoms with van der Waals surface area (Å²) < 4.78 is 0. The average molecular weight is 262 g/mol. The van der Waals surface area contributed by atoms with Crippen molar-refractivity contribution in [2.24, 2.45) is 0 Å². The Labute approximate surface area is 114 Å². The van der Waals surface area contributed by atoms with E-state index in [2.05, 4.69) is 15.3 Å². The summed E-state index contributed by atoms with van der Waals surface area (Å²) in [6, 6.07) is 14.0. The van der Waals surface area contributed by atoms with E-state index in [1.54, 1.807) is 36.7 Å². The van der Waals surface area contributed by atoms with Gasteiger partial charge in [-0.1, -0.05) is 0 Å². The first-order chi connectivity index (χ1) is 9.76. The average Bonchev–Trinajstić information content (AvgIpc) is 2.95. The molecule has 96 valence electrons. The molecular formula is C15H10N4O. The van der Waals surface area contributed by atoms with Gasteiger partial charge in [-0.05, 0) is 42.5 Å². The summed E-state index contributed by atoms with van der Waals surface area (Å²) in [5.41, 5.74) is 3.44. The Morgan fingerprint density at radius 2 is 2.00 bits per heavy atom. The number of hydrogen-bond donors (Lipinski definition) is 2. The third kappa shape index (κ3) is 2.22. The molecule has 1 amide bonds. The molecule has 0 spiro atoms. The van der Waals surface area contributed by atoms with E-state index < -0.39 is 0 Å². The van der Waals surface area contributed by atoms with Gasteiger partial charge in [-0.25, -0.2) is 4.98 Å². The number of imidazole rings is 1. The van der Waals surface area contributed by atoms with Gasteiger partial charge in [-0.3, -0.25) is 4.79 Å². The number of aromatic nitrogens is 2. The number of nitrogens with zero attached hydrogens (tertiary/aromatic N) is 2. The molecule has 0 aliphatic rings. The van der Waals surface area contributed by atoms with E-state index in [9.17, 15) is 4.79 Å². The lowest BCUT2D eigenvalue weighted by Gasteiger charge is -2.05. The highest BCUT2D eigenvalue weighted by Gasteiger charge is 2.07. The summed E-state index contributed by atoms with van der Waals surface area (Å²) >= 11 is 0. The second-order valence-corrected chi connectivity index (χ2v) is 4.28. The molecule has 1 heterocycles. The molecule has 0 saturated carbocycles. The molecule has 5 heteroatoms. The molecule has 2 aromatic carbocycles. The van der Waals surface area contributed by atoms with Crippen LogP contribution in [0.3, 0.4) is 0 Å². The zero-order valence-corrected chi connectivity index (χ0v) is 10.4. The van der Waals surface area contributed by atoms with Crippen LogP contribution in [-0.2, 0) is 0 Å². The normalized spacial score (nSPS) is 10.2. The van der Waals surface area contributed by atoms with Gasteiger partial charge in [0.1, 0.15) is 0 Å². The Morgan fingerprint density at radius 3 is 2.75 bits per heavy atom. The number of H-pyrrole nitrogens is 1. The standard InChI is InChI=1S/C15H10N4O/c16-8-10-1-3-11(4-2-10)15(20)19-12-5-6-13-14(7-12)18-9-17-13/h1-7,9H,(H,17,18)(H,19,20). The number of nitriles is 1. The maximum absolute atomic E-state index is 12.1. The third-order valence-corrected chi connectivity index (χ3v) is 2.95. The monoisotopic (exact) mass is 262 g/mol. The minimum atomic E-state index is -0.214. The highest BCUT2D eigenvalue weighted by molar-refractivity contribution is 6.05. The molecule has 0 bridgehead atoms. The molecule has 3 rings (SSSR count). The lowest BCUT2D eigenvalue weighted by atomic mass is 10.1. The van der Waals surface area contributed by atoms with Gasteiger partial charge in [0, 0.05) is 11.3 Å². The molecule has 2 N–H and O–H groups in total. The van der Waals surface area contributed by atoms with Crippen molar-refractivity contribution in [2.45, 2.75) is 0 Å². The topological polar surface area (TPSA) is 81.6 Å². The van der Waals surface area contributed by atoms with E-state index >= 15 is 0 Å². The number of hydrogen-bond acceptors (Lipinski definition) is 3. The van der Waals surface area contributed by atoms with Crippen molar-refractivity contribution >= 4 is 22.6 Å². The number of aromatic amines is 1. The van der Waals surface area contributed by atoms with E-state index in [1.807, 2.05) is 18.2 Å². The molecule has 0 atom stereocenters. The summed E-state index contributed by atoms with van der Waals surface area (Å²) in [5, 5.41) is 11.5. The molecule has 1 aromatic heterocycles. The number of nitrogens with one attached hydrogen (secondary N) is 2. The van der Waals surface area contributed by atoms with E-state index in [0.29, 0.717) is 16.8 Å². The van der Waals surface area contributed by atoms with E-state index in [4.69, 9.17) is 5.26 Å². The molecule has 3 aromatic rings. The van der Waals surface area contributed by atoms with Gasteiger partial charge < -0.3 is 10.3 Å². The number of fused-ring (bicyclic) bond motifs is 1. The number of benzene rings is 2. The Kier molecular flexibility index (Phi) is 2.90. The number of anilines is 1. The third-order valence-electron chi connectivity index (χ3n) is 2.95. The first-order valence-electron chi connectivity index (χ1n) is 6.01. The predicted molar refractivity (Wildman–Crippen MR) is 75.2 cm³/mol. The molecule has 0 aliphatic heterocycles. The summed E-state index contributed by atoms with van der Waals surface area (Å²) in [6.45, 7) is 0. The van der Waals surface area contributed by atoms with Crippen molar-refractivity contribution in [3.05, 3.63) is 59.9 Å². The Balaban J connectivity index is 1.82. The van der Waals surface area contributed by atoms with Crippen LogP contribution in [0.15, 0.2) is 48.8 Å². The van der Waals surface area contributed by atoms with Crippen LogP contribution < -0.4 is 5.32 Å². The second kappa shape index (κ2) is 4.86. The first-order valence-corrected chi connectivity index (χ1v) is 6.01. The van der Waals surface area contributed by atoms with E-state index in [0.717, 1.165) is 11.0 Å². The van der Waals surface area contributed by atoms with Crippen LogP contribution in [0, 0.1) is 11.3 Å². The molecule has 5 nitrogen and oxygen atoms in total. The van der Waals surface area contributed by atoms with Gasteiger partial charge in [0.15, 0.2) is 0 Å². The van der Waals surface area contributed by atoms with Crippen molar-refractivity contribution < 1.29 is 4.79 Å². The molecule has 0 saturated heterocycles. The van der Waals surface area contributed by atoms with Crippen LogP contribution in [-0.4, -0.2) is 15.9 Å². The number of amides is 1. The number of carbonyl (C=O) groups is 1. The van der Waals surface area contributed by atoms with E-state index in [1.165, 1.54) is 0 Å². The molecule has 0 fully saturated rings.